The molecule has 0 aromatic heterocycles. The molecule has 1 N–H and O–H groups in total. The van der Waals surface area contributed by atoms with E-state index in [1.54, 1.807) is 0 Å². The maximum atomic E-state index is 11.6. The summed E-state index contributed by atoms with van der Waals surface area (Å²) >= 11 is 0. The maximum absolute atomic E-state index is 11.6. The Kier molecular flexibility index (Phi) is 14.4. The van der Waals surface area contributed by atoms with Gasteiger partial charge in [-0.1, -0.05) is 46.6 Å². The molecule has 22 heavy (non-hydrogen) atoms. The Morgan fingerprint density at radius 2 is 1.41 bits per heavy atom. The van der Waals surface area contributed by atoms with E-state index in [-0.39, 0.29) is 5.91 Å². The second-order valence-electron chi connectivity index (χ2n) is 5.17. The Hall–Kier alpha value is -0.910. The number of unbranched alkanes of at least 4 members (excludes halogenated alkanes) is 3. The molecule has 0 fully saturated rings. The highest BCUT2D eigenvalue weighted by molar-refractivity contribution is 5.86. The van der Waals surface area contributed by atoms with Crippen molar-refractivity contribution in [1.29, 1.82) is 0 Å². The number of ether oxygens (including phenoxy) is 3. The van der Waals surface area contributed by atoms with Gasteiger partial charge in [0.25, 0.3) is 0 Å². The Morgan fingerprint density at radius 3 is 1.82 bits per heavy atom. The predicted octanol–water partition coefficient (Wildman–Crippen LogP) is 3.39. The van der Waals surface area contributed by atoms with E-state index < -0.39 is 12.5 Å². The van der Waals surface area contributed by atoms with Crippen LogP contribution in [0.25, 0.3) is 0 Å². The van der Waals surface area contributed by atoms with Crippen molar-refractivity contribution in [2.45, 2.75) is 71.8 Å². The molecular formula is C17H33NO4. The summed E-state index contributed by atoms with van der Waals surface area (Å²) in [6.45, 7) is 11.5. The van der Waals surface area contributed by atoms with Gasteiger partial charge in [0.15, 0.2) is 6.23 Å². The molecule has 0 rings (SSSR count). The van der Waals surface area contributed by atoms with Gasteiger partial charge >= 0.3 is 0 Å². The van der Waals surface area contributed by atoms with Crippen molar-refractivity contribution in [3.05, 3.63) is 12.7 Å². The van der Waals surface area contributed by atoms with Crippen LogP contribution >= 0.6 is 0 Å². The molecule has 1 unspecified atom stereocenters. The number of amides is 1. The third kappa shape index (κ3) is 10.8. The van der Waals surface area contributed by atoms with Gasteiger partial charge in [0.05, 0.1) is 0 Å². The highest BCUT2D eigenvalue weighted by Crippen LogP contribution is 2.08. The highest BCUT2D eigenvalue weighted by Gasteiger charge is 2.24. The van der Waals surface area contributed by atoms with Crippen molar-refractivity contribution < 1.29 is 19.0 Å². The molecular weight excluding hydrogens is 282 g/mol. The van der Waals surface area contributed by atoms with Crippen molar-refractivity contribution in [3.63, 3.8) is 0 Å². The fourth-order valence-corrected chi connectivity index (χ4v) is 1.65. The second-order valence-corrected chi connectivity index (χ2v) is 5.17. The molecule has 0 aromatic rings. The lowest BCUT2D eigenvalue weighted by molar-refractivity contribution is -0.216. The largest absolute Gasteiger partial charge is 0.353 e. The first kappa shape index (κ1) is 21.1. The summed E-state index contributed by atoms with van der Waals surface area (Å²) in [7, 11) is 0. The molecule has 0 heterocycles. The molecule has 0 aliphatic heterocycles. The smallest absolute Gasteiger partial charge is 0.245 e. The van der Waals surface area contributed by atoms with Gasteiger partial charge in [-0.2, -0.15) is 0 Å². The summed E-state index contributed by atoms with van der Waals surface area (Å²) in [5.74, 6) is -0.287. The van der Waals surface area contributed by atoms with Crippen LogP contribution in [0.15, 0.2) is 12.7 Å². The number of carbonyl (C=O) groups is 1. The van der Waals surface area contributed by atoms with Crippen LogP contribution in [-0.4, -0.2) is 38.2 Å². The lowest BCUT2D eigenvalue weighted by atomic mass is 10.3. The lowest BCUT2D eigenvalue weighted by Gasteiger charge is -2.28. The van der Waals surface area contributed by atoms with Gasteiger partial charge < -0.3 is 19.5 Å². The van der Waals surface area contributed by atoms with Crippen molar-refractivity contribution in [3.8, 4) is 0 Å². The standard InChI is InChI=1S/C17H33NO4/c1-5-9-12-20-16(18-15(19)8-4)17(21-13-10-6-2)22-14-11-7-3/h8,16-17H,4-7,9-14H2,1-3H3,(H,18,19). The van der Waals surface area contributed by atoms with Crippen molar-refractivity contribution in [1.82, 2.24) is 5.32 Å². The van der Waals surface area contributed by atoms with Crippen LogP contribution in [0.5, 0.6) is 0 Å². The summed E-state index contributed by atoms with van der Waals surface area (Å²) in [6, 6.07) is 0. The van der Waals surface area contributed by atoms with Crippen LogP contribution < -0.4 is 5.32 Å². The monoisotopic (exact) mass is 315 g/mol. The Morgan fingerprint density at radius 1 is 0.955 bits per heavy atom. The molecule has 0 spiro atoms. The first-order valence-corrected chi connectivity index (χ1v) is 8.47. The number of carbonyl (C=O) groups excluding carboxylic acids is 1. The van der Waals surface area contributed by atoms with Gasteiger partial charge in [-0.25, -0.2) is 0 Å². The second kappa shape index (κ2) is 15.0. The summed E-state index contributed by atoms with van der Waals surface area (Å²) in [6.07, 6.45) is 5.98. The van der Waals surface area contributed by atoms with Crippen LogP contribution in [0.3, 0.4) is 0 Å². The zero-order valence-electron chi connectivity index (χ0n) is 14.4. The molecule has 0 aliphatic carbocycles. The van der Waals surface area contributed by atoms with E-state index in [0.29, 0.717) is 19.8 Å². The third-order valence-electron chi connectivity index (χ3n) is 3.07. The van der Waals surface area contributed by atoms with E-state index in [1.165, 1.54) is 6.08 Å². The topological polar surface area (TPSA) is 56.8 Å². The molecule has 1 atom stereocenters. The van der Waals surface area contributed by atoms with Crippen LogP contribution in [0.4, 0.5) is 0 Å². The summed E-state index contributed by atoms with van der Waals surface area (Å²) < 4.78 is 17.3. The van der Waals surface area contributed by atoms with E-state index in [0.717, 1.165) is 38.5 Å². The average molecular weight is 315 g/mol. The molecule has 130 valence electrons. The number of nitrogens with one attached hydrogen (secondary N) is 1. The first-order chi connectivity index (χ1) is 10.7. The van der Waals surface area contributed by atoms with Gasteiger partial charge in [-0.05, 0) is 25.3 Å². The molecule has 0 saturated heterocycles. The van der Waals surface area contributed by atoms with Crippen LogP contribution in [-0.2, 0) is 19.0 Å². The number of hydrogen-bond acceptors (Lipinski definition) is 4. The van der Waals surface area contributed by atoms with E-state index in [4.69, 9.17) is 14.2 Å². The minimum absolute atomic E-state index is 0.287. The van der Waals surface area contributed by atoms with E-state index >= 15 is 0 Å². The SMILES string of the molecule is C=CC(=O)NC(OCCCC)C(OCCCC)OCCCC. The van der Waals surface area contributed by atoms with E-state index in [1.807, 2.05) is 0 Å². The number of rotatable bonds is 15. The third-order valence-corrected chi connectivity index (χ3v) is 3.07. The van der Waals surface area contributed by atoms with Crippen LogP contribution in [0, 0.1) is 0 Å². The molecule has 1 amide bonds. The van der Waals surface area contributed by atoms with Crippen molar-refractivity contribution in [2.75, 3.05) is 19.8 Å². The highest BCUT2D eigenvalue weighted by atomic mass is 16.7. The van der Waals surface area contributed by atoms with Gasteiger partial charge in [0.2, 0.25) is 12.2 Å². The molecule has 0 radical (unpaired) electrons. The van der Waals surface area contributed by atoms with Crippen LogP contribution in [0.1, 0.15) is 59.3 Å². The maximum Gasteiger partial charge on any atom is 0.245 e. The quantitative estimate of drug-likeness (QED) is 0.286. The Bertz CT molecular complexity index is 274. The molecule has 5 nitrogen and oxygen atoms in total. The average Bonchev–Trinajstić information content (AvgIpc) is 2.53. The predicted molar refractivity (Wildman–Crippen MR) is 88.5 cm³/mol. The minimum atomic E-state index is -0.606. The van der Waals surface area contributed by atoms with E-state index in [2.05, 4.69) is 32.7 Å². The minimum Gasteiger partial charge on any atom is -0.353 e. The van der Waals surface area contributed by atoms with Gasteiger partial charge in [-0.3, -0.25) is 4.79 Å². The zero-order valence-corrected chi connectivity index (χ0v) is 14.4. The number of hydrogen-bond donors (Lipinski definition) is 1. The van der Waals surface area contributed by atoms with Crippen molar-refractivity contribution >= 4 is 5.91 Å². The van der Waals surface area contributed by atoms with Gasteiger partial charge in [-0.15, -0.1) is 0 Å². The lowest BCUT2D eigenvalue weighted by Crippen LogP contribution is -2.47. The Labute approximate surface area is 135 Å². The summed E-state index contributed by atoms with van der Waals surface area (Å²) in [4.78, 5) is 11.6. The van der Waals surface area contributed by atoms with Gasteiger partial charge in [0, 0.05) is 19.8 Å². The molecule has 0 aliphatic rings. The molecule has 0 saturated carbocycles. The normalized spacial score (nSPS) is 12.4. The Balaban J connectivity index is 4.62. The molecule has 0 aromatic carbocycles. The van der Waals surface area contributed by atoms with Crippen LogP contribution in [0.2, 0.25) is 0 Å². The molecule has 0 bridgehead atoms. The van der Waals surface area contributed by atoms with Gasteiger partial charge in [0.1, 0.15) is 0 Å². The zero-order chi connectivity index (χ0) is 16.6. The first-order valence-electron chi connectivity index (χ1n) is 8.47. The summed E-state index contributed by atoms with van der Waals surface area (Å²) in [5.41, 5.74) is 0. The van der Waals surface area contributed by atoms with Crippen molar-refractivity contribution in [2.24, 2.45) is 0 Å². The van der Waals surface area contributed by atoms with E-state index in [9.17, 15) is 4.79 Å². The fourth-order valence-electron chi connectivity index (χ4n) is 1.65. The fraction of sp³-hybridized carbons (Fsp3) is 0.824. The summed E-state index contributed by atoms with van der Waals surface area (Å²) in [5, 5.41) is 2.75. The molecule has 5 heteroatoms.